The van der Waals surface area contributed by atoms with Gasteiger partial charge in [0, 0.05) is 6.54 Å². The maximum atomic E-state index is 12.6. The average Bonchev–Trinajstić information content (AvgIpc) is 2.34. The first-order valence-corrected chi connectivity index (χ1v) is 7.33. The molecule has 4 nitrogen and oxygen atoms in total. The van der Waals surface area contributed by atoms with Crippen LogP contribution in [0, 0.1) is 20.8 Å². The number of rotatable bonds is 2. The summed E-state index contributed by atoms with van der Waals surface area (Å²) in [6.45, 7) is 11.9. The maximum Gasteiger partial charge on any atom is 0.248 e. The van der Waals surface area contributed by atoms with Gasteiger partial charge in [-0.1, -0.05) is 17.7 Å². The van der Waals surface area contributed by atoms with E-state index in [0.717, 1.165) is 16.7 Å². The number of nitrogens with one attached hydrogen (secondary N) is 1. The van der Waals surface area contributed by atoms with Gasteiger partial charge in [0.05, 0.1) is 0 Å². The van der Waals surface area contributed by atoms with Crippen molar-refractivity contribution in [1.29, 1.82) is 0 Å². The first-order valence-electron chi connectivity index (χ1n) is 7.33. The van der Waals surface area contributed by atoms with Crippen LogP contribution >= 0.6 is 0 Å². The molecule has 0 aromatic heterocycles. The van der Waals surface area contributed by atoms with Crippen LogP contribution in [0.3, 0.4) is 0 Å². The quantitative estimate of drug-likeness (QED) is 0.907. The van der Waals surface area contributed by atoms with Crippen LogP contribution in [-0.2, 0) is 16.1 Å². The lowest BCUT2D eigenvalue weighted by Gasteiger charge is -2.42. The zero-order valence-corrected chi connectivity index (χ0v) is 13.7. The number of nitrogens with zero attached hydrogens (tertiary/aromatic N) is 1. The molecule has 1 aliphatic heterocycles. The van der Waals surface area contributed by atoms with Gasteiger partial charge in [0.2, 0.25) is 11.8 Å². The van der Waals surface area contributed by atoms with E-state index in [9.17, 15) is 9.59 Å². The zero-order chi connectivity index (χ0) is 15.9. The minimum atomic E-state index is -0.837. The molecule has 0 radical (unpaired) electrons. The Morgan fingerprint density at radius 3 is 2.19 bits per heavy atom. The molecule has 2 amide bonds. The molecular formula is C17H24N2O2. The summed E-state index contributed by atoms with van der Waals surface area (Å²) in [6.07, 6.45) is 0. The largest absolute Gasteiger partial charge is 0.340 e. The van der Waals surface area contributed by atoms with Gasteiger partial charge in [0.1, 0.15) is 11.6 Å². The smallest absolute Gasteiger partial charge is 0.248 e. The van der Waals surface area contributed by atoms with E-state index in [4.69, 9.17) is 0 Å². The Bertz CT molecular complexity index is 582. The molecule has 1 aromatic carbocycles. The minimum absolute atomic E-state index is 0.0334. The van der Waals surface area contributed by atoms with Crippen molar-refractivity contribution in [3.05, 3.63) is 34.4 Å². The second-order valence-electron chi connectivity index (χ2n) is 6.60. The minimum Gasteiger partial charge on any atom is -0.340 e. The number of aryl methyl sites for hydroxylation is 3. The normalized spacial score (nSPS) is 21.4. The molecule has 0 saturated carbocycles. The third kappa shape index (κ3) is 2.80. The van der Waals surface area contributed by atoms with Crippen molar-refractivity contribution in [2.24, 2.45) is 0 Å². The van der Waals surface area contributed by atoms with Crippen LogP contribution in [0.15, 0.2) is 12.1 Å². The predicted octanol–water partition coefficient (Wildman–Crippen LogP) is 2.24. The number of hydrogen-bond donors (Lipinski definition) is 1. The van der Waals surface area contributed by atoms with Crippen LogP contribution in [-0.4, -0.2) is 28.3 Å². The summed E-state index contributed by atoms with van der Waals surface area (Å²) in [7, 11) is 0. The average molecular weight is 288 g/mol. The zero-order valence-electron chi connectivity index (χ0n) is 13.7. The molecule has 0 aliphatic carbocycles. The second-order valence-corrected chi connectivity index (χ2v) is 6.60. The molecule has 2 rings (SSSR count). The summed E-state index contributed by atoms with van der Waals surface area (Å²) in [5, 5.41) is 2.78. The maximum absolute atomic E-state index is 12.6. The molecule has 1 aliphatic rings. The molecule has 4 heteroatoms. The lowest BCUT2D eigenvalue weighted by Crippen LogP contribution is -2.67. The highest BCUT2D eigenvalue weighted by Crippen LogP contribution is 2.24. The van der Waals surface area contributed by atoms with Gasteiger partial charge in [-0.15, -0.1) is 0 Å². The van der Waals surface area contributed by atoms with E-state index < -0.39 is 11.6 Å². The van der Waals surface area contributed by atoms with Crippen LogP contribution in [0.1, 0.15) is 43.0 Å². The molecule has 1 N–H and O–H groups in total. The van der Waals surface area contributed by atoms with Crippen molar-refractivity contribution < 1.29 is 9.59 Å². The Morgan fingerprint density at radius 1 is 1.14 bits per heavy atom. The van der Waals surface area contributed by atoms with E-state index in [1.54, 1.807) is 25.7 Å². The van der Waals surface area contributed by atoms with E-state index in [1.165, 1.54) is 5.56 Å². The topological polar surface area (TPSA) is 49.4 Å². The van der Waals surface area contributed by atoms with E-state index in [2.05, 4.69) is 38.2 Å². The Hall–Kier alpha value is -1.84. The summed E-state index contributed by atoms with van der Waals surface area (Å²) >= 11 is 0. The first-order chi connectivity index (χ1) is 9.63. The molecule has 1 aromatic rings. The molecule has 1 heterocycles. The number of carbonyl (C=O) groups is 2. The molecule has 1 unspecified atom stereocenters. The Labute approximate surface area is 126 Å². The number of amides is 2. The van der Waals surface area contributed by atoms with Gasteiger partial charge in [-0.25, -0.2) is 0 Å². The number of hydrogen-bond acceptors (Lipinski definition) is 2. The van der Waals surface area contributed by atoms with E-state index in [1.807, 2.05) is 0 Å². The van der Waals surface area contributed by atoms with Gasteiger partial charge in [-0.05, 0) is 58.2 Å². The molecule has 114 valence electrons. The van der Waals surface area contributed by atoms with E-state index in [-0.39, 0.29) is 11.8 Å². The fourth-order valence-corrected chi connectivity index (χ4v) is 2.98. The van der Waals surface area contributed by atoms with Crippen molar-refractivity contribution in [3.63, 3.8) is 0 Å². The fourth-order valence-electron chi connectivity index (χ4n) is 2.98. The standard InChI is InChI=1S/C17H24N2O2/c1-10-7-11(2)14(12(3)8-10)9-19-13(4)15(20)18-17(5,6)16(19)21/h7-8,13H,9H2,1-6H3,(H,18,20). The lowest BCUT2D eigenvalue weighted by molar-refractivity contribution is -0.153. The number of piperazine rings is 1. The van der Waals surface area contributed by atoms with Crippen LogP contribution in [0.2, 0.25) is 0 Å². The van der Waals surface area contributed by atoms with Gasteiger partial charge < -0.3 is 10.2 Å². The fraction of sp³-hybridized carbons (Fsp3) is 0.529. The molecule has 0 bridgehead atoms. The Balaban J connectivity index is 2.37. The summed E-state index contributed by atoms with van der Waals surface area (Å²) in [5.41, 5.74) is 3.83. The van der Waals surface area contributed by atoms with Crippen molar-refractivity contribution in [2.75, 3.05) is 0 Å². The molecule has 1 saturated heterocycles. The van der Waals surface area contributed by atoms with Crippen molar-refractivity contribution in [2.45, 2.75) is 59.7 Å². The van der Waals surface area contributed by atoms with Crippen molar-refractivity contribution in [3.8, 4) is 0 Å². The molecule has 0 spiro atoms. The summed E-state index contributed by atoms with van der Waals surface area (Å²) in [6, 6.07) is 3.80. The molecule has 1 fully saturated rings. The third-order valence-electron chi connectivity index (χ3n) is 4.25. The van der Waals surface area contributed by atoms with Gasteiger partial charge in [-0.3, -0.25) is 9.59 Å². The van der Waals surface area contributed by atoms with Crippen LogP contribution < -0.4 is 5.32 Å². The third-order valence-corrected chi connectivity index (χ3v) is 4.25. The monoisotopic (exact) mass is 288 g/mol. The highest BCUT2D eigenvalue weighted by molar-refractivity contribution is 5.99. The highest BCUT2D eigenvalue weighted by Gasteiger charge is 2.43. The van der Waals surface area contributed by atoms with Crippen molar-refractivity contribution in [1.82, 2.24) is 10.2 Å². The molecule has 1 atom stereocenters. The number of carbonyl (C=O) groups excluding carboxylic acids is 2. The first kappa shape index (κ1) is 15.5. The van der Waals surface area contributed by atoms with Crippen molar-refractivity contribution >= 4 is 11.8 Å². The number of benzene rings is 1. The Kier molecular flexibility index (Phi) is 3.83. The summed E-state index contributed by atoms with van der Waals surface area (Å²) in [5.74, 6) is -0.129. The van der Waals surface area contributed by atoms with Gasteiger partial charge >= 0.3 is 0 Å². The van der Waals surface area contributed by atoms with Gasteiger partial charge in [0.15, 0.2) is 0 Å². The SMILES string of the molecule is Cc1cc(C)c(CN2C(=O)C(C)(C)NC(=O)C2C)c(C)c1. The van der Waals surface area contributed by atoms with Crippen LogP contribution in [0.25, 0.3) is 0 Å². The molecule has 21 heavy (non-hydrogen) atoms. The summed E-state index contributed by atoms with van der Waals surface area (Å²) in [4.78, 5) is 26.4. The van der Waals surface area contributed by atoms with Crippen LogP contribution in [0.4, 0.5) is 0 Å². The van der Waals surface area contributed by atoms with Crippen LogP contribution in [0.5, 0.6) is 0 Å². The summed E-state index contributed by atoms with van der Waals surface area (Å²) < 4.78 is 0. The van der Waals surface area contributed by atoms with Gasteiger partial charge in [-0.2, -0.15) is 0 Å². The van der Waals surface area contributed by atoms with E-state index >= 15 is 0 Å². The lowest BCUT2D eigenvalue weighted by atomic mass is 9.94. The van der Waals surface area contributed by atoms with Gasteiger partial charge in [0.25, 0.3) is 0 Å². The molecular weight excluding hydrogens is 264 g/mol. The highest BCUT2D eigenvalue weighted by atomic mass is 16.2. The predicted molar refractivity (Wildman–Crippen MR) is 82.9 cm³/mol. The Morgan fingerprint density at radius 2 is 1.67 bits per heavy atom. The second kappa shape index (κ2) is 5.17. The van der Waals surface area contributed by atoms with E-state index in [0.29, 0.717) is 6.54 Å².